The average molecular weight is 277 g/mol. The summed E-state index contributed by atoms with van der Waals surface area (Å²) in [4.78, 5) is 12.9. The summed E-state index contributed by atoms with van der Waals surface area (Å²) in [6.07, 6.45) is 0. The molecule has 2 aromatic rings. The normalized spacial score (nSPS) is 12.1. The fourth-order valence-electron chi connectivity index (χ4n) is 1.79. The van der Waals surface area contributed by atoms with Crippen molar-refractivity contribution in [2.75, 3.05) is 7.11 Å². The fourth-order valence-corrected chi connectivity index (χ4v) is 2.44. The Morgan fingerprint density at radius 3 is 2.79 bits per heavy atom. The number of phenolic OH excluding ortho intramolecular Hbond substituents is 1. The number of esters is 1. The number of hydrogen-bond donors (Lipinski definition) is 2. The maximum absolute atomic E-state index is 11.8. The molecule has 1 atom stereocenters. The second kappa shape index (κ2) is 6.36. The number of phenols is 1. The van der Waals surface area contributed by atoms with Gasteiger partial charge in [0.15, 0.2) is 0 Å². The third-order valence-corrected chi connectivity index (χ3v) is 3.62. The monoisotopic (exact) mass is 277 g/mol. The topological polar surface area (TPSA) is 58.6 Å². The van der Waals surface area contributed by atoms with E-state index in [1.165, 1.54) is 7.11 Å². The molecule has 5 heteroatoms. The number of rotatable bonds is 5. The SMILES string of the molecule is COC(=O)C(NCc1cccs1)c1ccccc1O. The molecule has 4 nitrogen and oxygen atoms in total. The summed E-state index contributed by atoms with van der Waals surface area (Å²) in [6, 6.07) is 10.0. The summed E-state index contributed by atoms with van der Waals surface area (Å²) in [6.45, 7) is 0.547. The van der Waals surface area contributed by atoms with Crippen LogP contribution in [0.4, 0.5) is 0 Å². The number of carbonyl (C=O) groups excluding carboxylic acids is 1. The maximum atomic E-state index is 11.8. The van der Waals surface area contributed by atoms with E-state index in [1.54, 1.807) is 35.6 Å². The van der Waals surface area contributed by atoms with Crippen LogP contribution in [0.5, 0.6) is 5.75 Å². The highest BCUT2D eigenvalue weighted by Crippen LogP contribution is 2.25. The van der Waals surface area contributed by atoms with E-state index in [1.807, 2.05) is 17.5 Å². The van der Waals surface area contributed by atoms with E-state index in [-0.39, 0.29) is 5.75 Å². The summed E-state index contributed by atoms with van der Waals surface area (Å²) in [5.74, 6) is -0.338. The molecule has 1 heterocycles. The molecule has 0 spiro atoms. The van der Waals surface area contributed by atoms with Crippen LogP contribution in [0.15, 0.2) is 41.8 Å². The molecule has 0 aliphatic rings. The van der Waals surface area contributed by atoms with Crippen molar-refractivity contribution in [3.8, 4) is 5.75 Å². The molecule has 0 saturated carbocycles. The molecule has 19 heavy (non-hydrogen) atoms. The van der Waals surface area contributed by atoms with Crippen LogP contribution >= 0.6 is 11.3 Å². The average Bonchev–Trinajstić information content (AvgIpc) is 2.93. The smallest absolute Gasteiger partial charge is 0.327 e. The van der Waals surface area contributed by atoms with Gasteiger partial charge in [0.1, 0.15) is 11.8 Å². The fraction of sp³-hybridized carbons (Fsp3) is 0.214. The first-order valence-corrected chi connectivity index (χ1v) is 6.72. The quantitative estimate of drug-likeness (QED) is 0.824. The summed E-state index contributed by atoms with van der Waals surface area (Å²) >= 11 is 1.61. The van der Waals surface area contributed by atoms with Crippen LogP contribution in [0.1, 0.15) is 16.5 Å². The van der Waals surface area contributed by atoms with Gasteiger partial charge >= 0.3 is 5.97 Å². The number of para-hydroxylation sites is 1. The van der Waals surface area contributed by atoms with Crippen molar-refractivity contribution in [2.45, 2.75) is 12.6 Å². The van der Waals surface area contributed by atoms with E-state index < -0.39 is 12.0 Å². The lowest BCUT2D eigenvalue weighted by atomic mass is 10.1. The van der Waals surface area contributed by atoms with Crippen molar-refractivity contribution in [1.82, 2.24) is 5.32 Å². The molecule has 0 fully saturated rings. The van der Waals surface area contributed by atoms with E-state index in [9.17, 15) is 9.90 Å². The number of carbonyl (C=O) groups is 1. The van der Waals surface area contributed by atoms with Crippen LogP contribution in [0.3, 0.4) is 0 Å². The van der Waals surface area contributed by atoms with Crippen molar-refractivity contribution in [1.29, 1.82) is 0 Å². The van der Waals surface area contributed by atoms with Crippen molar-refractivity contribution in [3.05, 3.63) is 52.2 Å². The maximum Gasteiger partial charge on any atom is 0.327 e. The van der Waals surface area contributed by atoms with Gasteiger partial charge in [0.25, 0.3) is 0 Å². The summed E-state index contributed by atoms with van der Waals surface area (Å²) in [5.41, 5.74) is 0.519. The number of ether oxygens (including phenoxy) is 1. The Labute approximate surface area is 115 Å². The molecule has 2 rings (SSSR count). The van der Waals surface area contributed by atoms with Crippen molar-refractivity contribution in [3.63, 3.8) is 0 Å². The highest BCUT2D eigenvalue weighted by Gasteiger charge is 2.23. The molecule has 0 bridgehead atoms. The van der Waals surface area contributed by atoms with E-state index in [2.05, 4.69) is 5.32 Å². The van der Waals surface area contributed by atoms with Gasteiger partial charge in [-0.3, -0.25) is 5.32 Å². The molecule has 0 aliphatic heterocycles. The van der Waals surface area contributed by atoms with E-state index in [4.69, 9.17) is 4.74 Å². The molecule has 1 aromatic heterocycles. The highest BCUT2D eigenvalue weighted by molar-refractivity contribution is 7.09. The Hall–Kier alpha value is -1.85. The molecule has 1 unspecified atom stereocenters. The van der Waals surface area contributed by atoms with Crippen LogP contribution in [-0.2, 0) is 16.1 Å². The number of methoxy groups -OCH3 is 1. The van der Waals surface area contributed by atoms with E-state index in [0.29, 0.717) is 12.1 Å². The molecule has 0 saturated heterocycles. The van der Waals surface area contributed by atoms with Gasteiger partial charge in [-0.05, 0) is 17.5 Å². The third-order valence-electron chi connectivity index (χ3n) is 2.75. The van der Waals surface area contributed by atoms with Crippen LogP contribution in [0.25, 0.3) is 0 Å². The van der Waals surface area contributed by atoms with Gasteiger partial charge in [-0.1, -0.05) is 24.3 Å². The van der Waals surface area contributed by atoms with Gasteiger partial charge in [-0.25, -0.2) is 4.79 Å². The van der Waals surface area contributed by atoms with Gasteiger partial charge in [-0.2, -0.15) is 0 Å². The number of benzene rings is 1. The minimum Gasteiger partial charge on any atom is -0.508 e. The predicted octanol–water partition coefficient (Wildman–Crippen LogP) is 2.46. The first-order valence-electron chi connectivity index (χ1n) is 5.84. The van der Waals surface area contributed by atoms with Crippen LogP contribution in [-0.4, -0.2) is 18.2 Å². The summed E-state index contributed by atoms with van der Waals surface area (Å²) in [7, 11) is 1.34. The Balaban J connectivity index is 2.17. The van der Waals surface area contributed by atoms with Gasteiger partial charge in [0.2, 0.25) is 0 Å². The lowest BCUT2D eigenvalue weighted by molar-refractivity contribution is -0.143. The van der Waals surface area contributed by atoms with Crippen LogP contribution in [0.2, 0.25) is 0 Å². The largest absolute Gasteiger partial charge is 0.508 e. The van der Waals surface area contributed by atoms with Crippen molar-refractivity contribution < 1.29 is 14.6 Å². The molecular formula is C14H15NO3S. The second-order valence-corrected chi connectivity index (χ2v) is 5.01. The molecule has 0 amide bonds. The lowest BCUT2D eigenvalue weighted by Gasteiger charge is -2.17. The standard InChI is InChI=1S/C14H15NO3S/c1-18-14(17)13(11-6-2-3-7-12(11)16)15-9-10-5-4-8-19-10/h2-8,13,15-16H,9H2,1H3. The molecule has 0 radical (unpaired) electrons. The van der Waals surface area contributed by atoms with Crippen molar-refractivity contribution in [2.24, 2.45) is 0 Å². The summed E-state index contributed by atoms with van der Waals surface area (Å²) < 4.78 is 4.78. The zero-order valence-corrected chi connectivity index (χ0v) is 11.3. The molecule has 100 valence electrons. The second-order valence-electron chi connectivity index (χ2n) is 3.98. The van der Waals surface area contributed by atoms with Crippen molar-refractivity contribution >= 4 is 17.3 Å². The first-order chi connectivity index (χ1) is 9.22. The minimum atomic E-state index is -0.673. The van der Waals surface area contributed by atoms with Gasteiger partial charge in [-0.15, -0.1) is 11.3 Å². The number of thiophene rings is 1. The van der Waals surface area contributed by atoms with Crippen LogP contribution < -0.4 is 5.32 Å². The lowest BCUT2D eigenvalue weighted by Crippen LogP contribution is -2.29. The summed E-state index contributed by atoms with van der Waals surface area (Å²) in [5, 5.41) is 14.9. The Morgan fingerprint density at radius 1 is 1.37 bits per heavy atom. The predicted molar refractivity (Wildman–Crippen MR) is 74.0 cm³/mol. The van der Waals surface area contributed by atoms with Gasteiger partial charge in [0.05, 0.1) is 7.11 Å². The first kappa shape index (κ1) is 13.6. The molecule has 0 aliphatic carbocycles. The van der Waals surface area contributed by atoms with Crippen LogP contribution in [0, 0.1) is 0 Å². The Bertz CT molecular complexity index is 539. The zero-order valence-electron chi connectivity index (χ0n) is 10.5. The zero-order chi connectivity index (χ0) is 13.7. The molecule has 1 aromatic carbocycles. The minimum absolute atomic E-state index is 0.0802. The molecular weight excluding hydrogens is 262 g/mol. The number of nitrogens with one attached hydrogen (secondary N) is 1. The number of hydrogen-bond acceptors (Lipinski definition) is 5. The van der Waals surface area contributed by atoms with E-state index in [0.717, 1.165) is 4.88 Å². The van der Waals surface area contributed by atoms with E-state index >= 15 is 0 Å². The molecule has 2 N–H and O–H groups in total. The number of aromatic hydroxyl groups is 1. The Kier molecular flexibility index (Phi) is 4.54. The van der Waals surface area contributed by atoms with Gasteiger partial charge in [0, 0.05) is 17.0 Å². The third kappa shape index (κ3) is 3.33. The Morgan fingerprint density at radius 2 is 2.16 bits per heavy atom. The highest BCUT2D eigenvalue weighted by atomic mass is 32.1. The van der Waals surface area contributed by atoms with Gasteiger partial charge < -0.3 is 9.84 Å².